The van der Waals surface area contributed by atoms with Crippen LogP contribution in [0.3, 0.4) is 0 Å². The second kappa shape index (κ2) is 8.30. The van der Waals surface area contributed by atoms with Crippen molar-refractivity contribution in [1.29, 1.82) is 0 Å². The zero-order chi connectivity index (χ0) is 18.5. The third-order valence-corrected chi connectivity index (χ3v) is 4.73. The summed E-state index contributed by atoms with van der Waals surface area (Å²) in [5, 5.41) is 0.539. The van der Waals surface area contributed by atoms with E-state index < -0.39 is 12.1 Å². The van der Waals surface area contributed by atoms with Crippen molar-refractivity contribution < 1.29 is 14.3 Å². The molecule has 0 radical (unpaired) electrons. The van der Waals surface area contributed by atoms with E-state index >= 15 is 0 Å². The summed E-state index contributed by atoms with van der Waals surface area (Å²) in [6.45, 7) is 0. The fourth-order valence-corrected chi connectivity index (χ4v) is 3.03. The van der Waals surface area contributed by atoms with Crippen LogP contribution in [0.1, 0.15) is 32.4 Å². The zero-order valence-electron chi connectivity index (χ0n) is 13.6. The third-order valence-electron chi connectivity index (χ3n) is 3.79. The topological polar surface area (TPSA) is 43.4 Å². The fourth-order valence-electron chi connectivity index (χ4n) is 2.46. The molecule has 3 aromatic carbocycles. The third kappa shape index (κ3) is 4.21. The first-order valence-electron chi connectivity index (χ1n) is 7.86. The molecule has 0 aromatic heterocycles. The van der Waals surface area contributed by atoms with Gasteiger partial charge in [-0.25, -0.2) is 4.79 Å². The maximum atomic E-state index is 13.0. The van der Waals surface area contributed by atoms with Crippen molar-refractivity contribution in [3.63, 3.8) is 0 Å². The molecule has 130 valence electrons. The Labute approximate surface area is 164 Å². The summed E-state index contributed by atoms with van der Waals surface area (Å²) in [6, 6.07) is 22.3. The lowest BCUT2D eigenvalue weighted by atomic mass is 9.99. The summed E-state index contributed by atoms with van der Waals surface area (Å²) in [6.07, 6.45) is -1.06. The van der Waals surface area contributed by atoms with Gasteiger partial charge in [-0.2, -0.15) is 0 Å². The number of carbonyl (C=O) groups excluding carboxylic acids is 2. The summed E-state index contributed by atoms with van der Waals surface area (Å²) in [4.78, 5) is 25.6. The van der Waals surface area contributed by atoms with Gasteiger partial charge in [-0.15, -0.1) is 0 Å². The zero-order valence-corrected chi connectivity index (χ0v) is 15.9. The molecule has 0 saturated carbocycles. The summed E-state index contributed by atoms with van der Waals surface area (Å²) in [7, 11) is 0. The smallest absolute Gasteiger partial charge is 0.340 e. The molecule has 0 spiro atoms. The lowest BCUT2D eigenvalue weighted by molar-refractivity contribution is 0.0279. The van der Waals surface area contributed by atoms with Crippen LogP contribution in [0.25, 0.3) is 0 Å². The molecular formula is C21H14BrClO3. The lowest BCUT2D eigenvalue weighted by Gasteiger charge is -2.18. The quantitative estimate of drug-likeness (QED) is 0.375. The first kappa shape index (κ1) is 18.4. The largest absolute Gasteiger partial charge is 0.445 e. The molecule has 3 aromatic rings. The fraction of sp³-hybridized carbons (Fsp3) is 0.0476. The Morgan fingerprint density at radius 1 is 0.846 bits per heavy atom. The average Bonchev–Trinajstić information content (AvgIpc) is 2.67. The van der Waals surface area contributed by atoms with Crippen molar-refractivity contribution >= 4 is 39.3 Å². The lowest BCUT2D eigenvalue weighted by Crippen LogP contribution is -2.20. The van der Waals surface area contributed by atoms with Gasteiger partial charge >= 0.3 is 5.97 Å². The highest BCUT2D eigenvalue weighted by Gasteiger charge is 2.27. The number of carbonyl (C=O) groups is 2. The molecule has 0 N–H and O–H groups in total. The van der Waals surface area contributed by atoms with Crippen molar-refractivity contribution in [1.82, 2.24) is 0 Å². The van der Waals surface area contributed by atoms with Crippen molar-refractivity contribution in [3.05, 3.63) is 105 Å². The first-order valence-corrected chi connectivity index (χ1v) is 9.03. The molecule has 5 heteroatoms. The number of esters is 1. The summed E-state index contributed by atoms with van der Waals surface area (Å²) >= 11 is 9.27. The number of rotatable bonds is 5. The minimum absolute atomic E-state index is 0.298. The highest BCUT2D eigenvalue weighted by molar-refractivity contribution is 9.10. The molecule has 0 aliphatic rings. The number of Topliss-reactive ketones (excluding diaryl/α,β-unsaturated/α-hetero) is 1. The van der Waals surface area contributed by atoms with E-state index in [4.69, 9.17) is 16.3 Å². The van der Waals surface area contributed by atoms with Crippen molar-refractivity contribution in [2.75, 3.05) is 0 Å². The van der Waals surface area contributed by atoms with E-state index in [1.807, 2.05) is 6.07 Å². The number of halogens is 2. The molecule has 0 unspecified atom stereocenters. The number of hydrogen-bond donors (Lipinski definition) is 0. The normalized spacial score (nSPS) is 11.6. The molecule has 26 heavy (non-hydrogen) atoms. The van der Waals surface area contributed by atoms with Crippen LogP contribution in [0.4, 0.5) is 0 Å². The molecule has 0 fully saturated rings. The Bertz CT molecular complexity index is 924. The van der Waals surface area contributed by atoms with Gasteiger partial charge in [0.2, 0.25) is 5.78 Å². The number of benzene rings is 3. The molecule has 1 atom stereocenters. The molecule has 0 aliphatic carbocycles. The molecule has 3 rings (SSSR count). The maximum Gasteiger partial charge on any atom is 0.340 e. The van der Waals surface area contributed by atoms with Crippen LogP contribution in [0.5, 0.6) is 0 Å². The SMILES string of the molecule is O=C(O[C@@H](C(=O)c1ccccc1)c1ccc(Cl)cc1)c1ccccc1Br. The minimum Gasteiger partial charge on any atom is -0.445 e. The molecule has 0 amide bonds. The van der Waals surface area contributed by atoms with Crippen LogP contribution < -0.4 is 0 Å². The van der Waals surface area contributed by atoms with Crippen molar-refractivity contribution in [2.45, 2.75) is 6.10 Å². The molecular weight excluding hydrogens is 416 g/mol. The first-order chi connectivity index (χ1) is 12.6. The van der Waals surface area contributed by atoms with Gasteiger partial charge in [0.25, 0.3) is 0 Å². The van der Waals surface area contributed by atoms with E-state index in [0.717, 1.165) is 0 Å². The predicted molar refractivity (Wildman–Crippen MR) is 105 cm³/mol. The summed E-state index contributed by atoms with van der Waals surface area (Å²) in [5.74, 6) is -0.880. The van der Waals surface area contributed by atoms with Crippen LogP contribution in [-0.2, 0) is 4.74 Å². The van der Waals surface area contributed by atoms with Gasteiger partial charge in [-0.1, -0.05) is 66.2 Å². The van der Waals surface area contributed by atoms with Gasteiger partial charge in [0, 0.05) is 20.6 Å². The van der Waals surface area contributed by atoms with Gasteiger partial charge in [-0.05, 0) is 40.2 Å². The molecule has 0 bridgehead atoms. The van der Waals surface area contributed by atoms with E-state index in [9.17, 15) is 9.59 Å². The molecule has 0 heterocycles. The second-order valence-corrected chi connectivity index (χ2v) is 6.84. The standard InChI is InChI=1S/C21H14BrClO3/c22-18-9-5-4-8-17(18)21(25)26-20(15-10-12-16(23)13-11-15)19(24)14-6-2-1-3-7-14/h1-13,20H/t20-/m1/s1. The van der Waals surface area contributed by atoms with Crippen LogP contribution >= 0.6 is 27.5 Å². The molecule has 0 aliphatic heterocycles. The van der Waals surface area contributed by atoms with Crippen molar-refractivity contribution in [2.24, 2.45) is 0 Å². The van der Waals surface area contributed by atoms with Crippen molar-refractivity contribution in [3.8, 4) is 0 Å². The Hall–Kier alpha value is -2.43. The van der Waals surface area contributed by atoms with Gasteiger partial charge in [-0.3, -0.25) is 4.79 Å². The molecule has 3 nitrogen and oxygen atoms in total. The van der Waals surface area contributed by atoms with Crippen LogP contribution in [0.2, 0.25) is 5.02 Å². The van der Waals surface area contributed by atoms with Gasteiger partial charge in [0.05, 0.1) is 5.56 Å². The van der Waals surface area contributed by atoms with E-state index in [1.165, 1.54) is 0 Å². The monoisotopic (exact) mass is 428 g/mol. The van der Waals surface area contributed by atoms with E-state index in [2.05, 4.69) is 15.9 Å². The Morgan fingerprint density at radius 2 is 1.46 bits per heavy atom. The summed E-state index contributed by atoms with van der Waals surface area (Å²) in [5.41, 5.74) is 1.38. The second-order valence-electron chi connectivity index (χ2n) is 5.55. The number of hydrogen-bond acceptors (Lipinski definition) is 3. The van der Waals surface area contributed by atoms with Crippen LogP contribution in [0, 0.1) is 0 Å². The Morgan fingerprint density at radius 3 is 2.12 bits per heavy atom. The molecule has 0 saturated heterocycles. The van der Waals surface area contributed by atoms with Crippen LogP contribution in [0.15, 0.2) is 83.3 Å². The highest BCUT2D eigenvalue weighted by Crippen LogP contribution is 2.27. The maximum absolute atomic E-state index is 13.0. The summed E-state index contributed by atoms with van der Waals surface area (Å²) < 4.78 is 6.20. The highest BCUT2D eigenvalue weighted by atomic mass is 79.9. The number of ketones is 1. The van der Waals surface area contributed by atoms with E-state index in [1.54, 1.807) is 72.8 Å². The van der Waals surface area contributed by atoms with Gasteiger partial charge < -0.3 is 4.74 Å². The van der Waals surface area contributed by atoms with Gasteiger partial charge in [0.15, 0.2) is 6.10 Å². The van der Waals surface area contributed by atoms with Crippen LogP contribution in [-0.4, -0.2) is 11.8 Å². The van der Waals surface area contributed by atoms with E-state index in [-0.39, 0.29) is 5.78 Å². The Kier molecular flexibility index (Phi) is 5.86. The minimum atomic E-state index is -1.06. The number of ether oxygens (including phenoxy) is 1. The average molecular weight is 430 g/mol. The van der Waals surface area contributed by atoms with E-state index in [0.29, 0.717) is 26.2 Å². The van der Waals surface area contributed by atoms with Gasteiger partial charge in [0.1, 0.15) is 0 Å². The predicted octanol–water partition coefficient (Wildman–Crippen LogP) is 5.88. The Balaban J connectivity index is 1.95.